The van der Waals surface area contributed by atoms with Crippen LogP contribution in [-0.4, -0.2) is 9.97 Å². The van der Waals surface area contributed by atoms with E-state index in [9.17, 15) is 13.2 Å². The Balaban J connectivity index is 1.83. The number of rotatable bonds is 2. The molecule has 6 heteroatoms. The Bertz CT molecular complexity index is 1020. The van der Waals surface area contributed by atoms with Gasteiger partial charge in [-0.1, -0.05) is 54.6 Å². The van der Waals surface area contributed by atoms with Gasteiger partial charge in [0.1, 0.15) is 16.7 Å². The van der Waals surface area contributed by atoms with Gasteiger partial charge in [-0.3, -0.25) is 0 Å². The number of fused-ring (bicyclic) bond motifs is 1. The van der Waals surface area contributed by atoms with Crippen LogP contribution >= 0.6 is 11.3 Å². The number of thiophene rings is 1. The molecule has 0 spiro atoms. The average molecular weight is 356 g/mol. The zero-order chi connectivity index (χ0) is 17.4. The van der Waals surface area contributed by atoms with Crippen LogP contribution in [0.2, 0.25) is 0 Å². The highest BCUT2D eigenvalue weighted by Crippen LogP contribution is 2.36. The van der Waals surface area contributed by atoms with Crippen LogP contribution in [0.3, 0.4) is 0 Å². The quantitative estimate of drug-likeness (QED) is 0.437. The molecule has 0 aliphatic carbocycles. The van der Waals surface area contributed by atoms with Gasteiger partial charge in [-0.05, 0) is 11.1 Å². The molecule has 2 aromatic carbocycles. The minimum Gasteiger partial charge on any atom is -0.243 e. The monoisotopic (exact) mass is 356 g/mol. The normalized spacial score (nSPS) is 11.8. The van der Waals surface area contributed by atoms with Crippen molar-refractivity contribution in [3.05, 3.63) is 71.1 Å². The van der Waals surface area contributed by atoms with Crippen molar-refractivity contribution in [1.29, 1.82) is 0 Å². The van der Waals surface area contributed by atoms with Gasteiger partial charge in [-0.15, -0.1) is 11.3 Å². The van der Waals surface area contributed by atoms with Crippen molar-refractivity contribution >= 4 is 22.4 Å². The first-order chi connectivity index (χ1) is 12.0. The third-order valence-electron chi connectivity index (χ3n) is 3.84. The summed E-state index contributed by atoms with van der Waals surface area (Å²) in [6, 6.07) is 16.6. The summed E-state index contributed by atoms with van der Waals surface area (Å²) in [5, 5.41) is 3.27. The number of aromatic nitrogens is 2. The summed E-state index contributed by atoms with van der Waals surface area (Å²) in [4.78, 5) is 7.99. The lowest BCUT2D eigenvalue weighted by Crippen LogP contribution is -2.11. The van der Waals surface area contributed by atoms with Gasteiger partial charge in [0.25, 0.3) is 0 Å². The summed E-state index contributed by atoms with van der Waals surface area (Å²) in [5.41, 5.74) is 1.98. The number of nitrogens with zero attached hydrogens (tertiary/aromatic N) is 2. The van der Waals surface area contributed by atoms with Crippen LogP contribution in [0.15, 0.2) is 65.4 Å². The molecule has 0 saturated carbocycles. The molecular weight excluding hydrogens is 345 g/mol. The van der Waals surface area contributed by atoms with E-state index >= 15 is 0 Å². The van der Waals surface area contributed by atoms with E-state index in [0.29, 0.717) is 11.1 Å². The summed E-state index contributed by atoms with van der Waals surface area (Å²) in [6.07, 6.45) is -4.56. The fourth-order valence-electron chi connectivity index (χ4n) is 2.65. The fourth-order valence-corrected chi connectivity index (χ4v) is 3.32. The molecule has 0 aliphatic heterocycles. The molecule has 0 fully saturated rings. The topological polar surface area (TPSA) is 25.8 Å². The molecule has 0 N–H and O–H groups in total. The molecular formula is C19H11F3N2S. The van der Waals surface area contributed by atoms with Crippen molar-refractivity contribution in [3.8, 4) is 22.4 Å². The van der Waals surface area contributed by atoms with E-state index in [1.807, 2.05) is 30.3 Å². The lowest BCUT2D eigenvalue weighted by atomic mass is 10.0. The largest absolute Gasteiger partial charge is 0.435 e. The third-order valence-corrected chi connectivity index (χ3v) is 4.56. The van der Waals surface area contributed by atoms with Gasteiger partial charge in [0.2, 0.25) is 0 Å². The fraction of sp³-hybridized carbons (Fsp3) is 0.0526. The smallest absolute Gasteiger partial charge is 0.243 e. The molecule has 0 amide bonds. The van der Waals surface area contributed by atoms with Crippen molar-refractivity contribution < 1.29 is 13.2 Å². The van der Waals surface area contributed by atoms with Crippen LogP contribution in [0.25, 0.3) is 33.4 Å². The Kier molecular flexibility index (Phi) is 3.77. The van der Waals surface area contributed by atoms with E-state index in [0.717, 1.165) is 11.1 Å². The van der Waals surface area contributed by atoms with E-state index in [-0.39, 0.29) is 11.2 Å². The SMILES string of the molecule is FC(F)(F)c1nc2cscc2nc1-c1ccc(-c2ccccc2)cc1. The number of hydrogen-bond donors (Lipinski definition) is 0. The van der Waals surface area contributed by atoms with Gasteiger partial charge < -0.3 is 0 Å². The molecule has 25 heavy (non-hydrogen) atoms. The predicted molar refractivity (Wildman–Crippen MR) is 93.3 cm³/mol. The van der Waals surface area contributed by atoms with Gasteiger partial charge in [0, 0.05) is 16.3 Å². The first-order valence-electron chi connectivity index (χ1n) is 7.49. The number of hydrogen-bond acceptors (Lipinski definition) is 3. The van der Waals surface area contributed by atoms with Crippen LogP contribution in [0.4, 0.5) is 13.2 Å². The second-order valence-corrected chi connectivity index (χ2v) is 6.25. The molecule has 4 aromatic rings. The maximum absolute atomic E-state index is 13.4. The average Bonchev–Trinajstić information content (AvgIpc) is 3.08. The van der Waals surface area contributed by atoms with E-state index < -0.39 is 11.9 Å². The van der Waals surface area contributed by atoms with Crippen molar-refractivity contribution in [1.82, 2.24) is 9.97 Å². The van der Waals surface area contributed by atoms with Crippen LogP contribution in [0.1, 0.15) is 5.69 Å². The summed E-state index contributed by atoms with van der Waals surface area (Å²) in [6.45, 7) is 0. The molecule has 124 valence electrons. The van der Waals surface area contributed by atoms with Crippen molar-refractivity contribution in [2.75, 3.05) is 0 Å². The van der Waals surface area contributed by atoms with Gasteiger partial charge in [0.05, 0.1) is 0 Å². The van der Waals surface area contributed by atoms with E-state index in [1.54, 1.807) is 35.0 Å². The first kappa shape index (κ1) is 15.8. The van der Waals surface area contributed by atoms with Crippen molar-refractivity contribution in [2.45, 2.75) is 6.18 Å². The number of benzene rings is 2. The number of halogens is 3. The van der Waals surface area contributed by atoms with Crippen LogP contribution in [0.5, 0.6) is 0 Å². The minimum atomic E-state index is -4.56. The Morgan fingerprint density at radius 3 is 1.88 bits per heavy atom. The van der Waals surface area contributed by atoms with E-state index in [4.69, 9.17) is 0 Å². The van der Waals surface area contributed by atoms with Crippen molar-refractivity contribution in [2.24, 2.45) is 0 Å². The lowest BCUT2D eigenvalue weighted by molar-refractivity contribution is -0.140. The highest BCUT2D eigenvalue weighted by atomic mass is 32.1. The highest BCUT2D eigenvalue weighted by Gasteiger charge is 2.37. The zero-order valence-electron chi connectivity index (χ0n) is 12.8. The maximum atomic E-state index is 13.4. The molecule has 0 atom stereocenters. The van der Waals surface area contributed by atoms with Gasteiger partial charge in [-0.2, -0.15) is 13.2 Å². The molecule has 2 nitrogen and oxygen atoms in total. The molecule has 2 heterocycles. The first-order valence-corrected chi connectivity index (χ1v) is 8.43. The van der Waals surface area contributed by atoms with Gasteiger partial charge in [-0.25, -0.2) is 9.97 Å². The highest BCUT2D eigenvalue weighted by molar-refractivity contribution is 7.09. The molecule has 0 unspecified atom stereocenters. The maximum Gasteiger partial charge on any atom is 0.435 e. The second kappa shape index (κ2) is 5.97. The summed E-state index contributed by atoms with van der Waals surface area (Å²) >= 11 is 1.28. The third kappa shape index (κ3) is 3.00. The summed E-state index contributed by atoms with van der Waals surface area (Å²) in [7, 11) is 0. The zero-order valence-corrected chi connectivity index (χ0v) is 13.6. The predicted octanol–water partition coefficient (Wildman–Crippen LogP) is 6.04. The number of alkyl halides is 3. The minimum absolute atomic E-state index is 0.141. The van der Waals surface area contributed by atoms with Crippen LogP contribution in [-0.2, 0) is 6.18 Å². The Morgan fingerprint density at radius 2 is 1.24 bits per heavy atom. The lowest BCUT2D eigenvalue weighted by Gasteiger charge is -2.12. The molecule has 0 bridgehead atoms. The van der Waals surface area contributed by atoms with Crippen molar-refractivity contribution in [3.63, 3.8) is 0 Å². The second-order valence-electron chi connectivity index (χ2n) is 5.50. The van der Waals surface area contributed by atoms with E-state index in [1.165, 1.54) is 11.3 Å². The Hall–Kier alpha value is -2.73. The molecule has 0 aliphatic rings. The standard InChI is InChI=1S/C19H11F3N2S/c20-19(21,22)18-17(23-15-10-25-11-16(15)24-18)14-8-6-13(7-9-14)12-4-2-1-3-5-12/h1-11H. The summed E-state index contributed by atoms with van der Waals surface area (Å²) < 4.78 is 40.2. The van der Waals surface area contributed by atoms with Gasteiger partial charge >= 0.3 is 6.18 Å². The molecule has 0 saturated heterocycles. The van der Waals surface area contributed by atoms with Crippen LogP contribution in [0, 0.1) is 0 Å². The molecule has 0 radical (unpaired) electrons. The summed E-state index contributed by atoms with van der Waals surface area (Å²) in [5.74, 6) is 0. The molecule has 4 rings (SSSR count). The van der Waals surface area contributed by atoms with Gasteiger partial charge in [0.15, 0.2) is 5.69 Å². The Morgan fingerprint density at radius 1 is 0.680 bits per heavy atom. The molecule has 2 aromatic heterocycles. The Labute approximate surface area is 145 Å². The van der Waals surface area contributed by atoms with Crippen LogP contribution < -0.4 is 0 Å². The van der Waals surface area contributed by atoms with E-state index in [2.05, 4.69) is 9.97 Å².